The molecule has 2 aromatic heterocycles. The SMILES string of the molecule is CCn1c(-c2cccnc2C(C)OC)c(CC(C)(C)CO)c2cc(-c3cccc(C[C@H](NC(=O)OC(C)(C)C)C(=O)N4CCC[C@@H](C(=O)OC)N4)c3)ccc21. The molecule has 3 heterocycles. The first kappa shape index (κ1) is 41.4. The number of alkyl carbamates (subject to hydrolysis) is 1. The number of nitrogens with one attached hydrogen (secondary N) is 2. The number of hydrogen-bond donors (Lipinski definition) is 3. The average molecular weight is 756 g/mol. The molecule has 1 aliphatic rings. The molecule has 3 N–H and O–H groups in total. The lowest BCUT2D eigenvalue weighted by atomic mass is 9.84. The first-order valence-electron chi connectivity index (χ1n) is 19.1. The van der Waals surface area contributed by atoms with Crippen LogP contribution < -0.4 is 10.7 Å². The summed E-state index contributed by atoms with van der Waals surface area (Å²) in [5.41, 5.74) is 9.70. The maximum atomic E-state index is 14.0. The summed E-state index contributed by atoms with van der Waals surface area (Å²) in [7, 11) is 3.00. The summed E-state index contributed by atoms with van der Waals surface area (Å²) >= 11 is 0. The highest BCUT2D eigenvalue weighted by Gasteiger charge is 2.34. The van der Waals surface area contributed by atoms with E-state index < -0.39 is 35.2 Å². The molecule has 12 heteroatoms. The minimum absolute atomic E-state index is 0.0227. The Morgan fingerprint density at radius 2 is 1.78 bits per heavy atom. The van der Waals surface area contributed by atoms with Gasteiger partial charge in [-0.1, -0.05) is 44.2 Å². The Balaban J connectivity index is 1.56. The fraction of sp³-hybridized carbons (Fsp3) is 0.488. The maximum absolute atomic E-state index is 14.0. The monoisotopic (exact) mass is 755 g/mol. The highest BCUT2D eigenvalue weighted by atomic mass is 16.6. The molecule has 55 heavy (non-hydrogen) atoms. The summed E-state index contributed by atoms with van der Waals surface area (Å²) in [4.78, 5) is 44.1. The predicted molar refractivity (Wildman–Crippen MR) is 213 cm³/mol. The van der Waals surface area contributed by atoms with E-state index in [1.165, 1.54) is 12.1 Å². The molecule has 0 aliphatic carbocycles. The first-order chi connectivity index (χ1) is 26.1. The molecule has 0 saturated carbocycles. The third-order valence-corrected chi connectivity index (χ3v) is 10.0. The number of esters is 1. The van der Waals surface area contributed by atoms with Crippen molar-refractivity contribution in [2.75, 3.05) is 27.4 Å². The van der Waals surface area contributed by atoms with E-state index in [9.17, 15) is 19.5 Å². The van der Waals surface area contributed by atoms with Crippen molar-refractivity contribution in [1.82, 2.24) is 25.3 Å². The molecule has 3 atom stereocenters. The number of amides is 2. The van der Waals surface area contributed by atoms with E-state index in [1.807, 2.05) is 37.3 Å². The van der Waals surface area contributed by atoms with Gasteiger partial charge in [-0.25, -0.2) is 10.2 Å². The molecular formula is C43H57N5O7. The molecule has 4 aromatic rings. The molecule has 0 radical (unpaired) electrons. The van der Waals surface area contributed by atoms with Crippen LogP contribution in [0.3, 0.4) is 0 Å². The topological polar surface area (TPSA) is 144 Å². The Labute approximate surface area is 324 Å². The number of hydrazine groups is 1. The molecular weight excluding hydrogens is 699 g/mol. The van der Waals surface area contributed by atoms with Crippen molar-refractivity contribution >= 4 is 28.9 Å². The fourth-order valence-corrected chi connectivity index (χ4v) is 7.22. The number of aliphatic hydroxyl groups is 1. The van der Waals surface area contributed by atoms with Crippen LogP contribution in [0.1, 0.15) is 84.2 Å². The van der Waals surface area contributed by atoms with Crippen LogP contribution >= 0.6 is 0 Å². The predicted octanol–water partition coefficient (Wildman–Crippen LogP) is 6.76. The average Bonchev–Trinajstić information content (AvgIpc) is 3.47. The zero-order valence-electron chi connectivity index (χ0n) is 33.7. The number of ether oxygens (including phenoxy) is 3. The number of aromatic nitrogens is 2. The molecule has 1 saturated heterocycles. The van der Waals surface area contributed by atoms with Gasteiger partial charge in [0.2, 0.25) is 0 Å². The van der Waals surface area contributed by atoms with Gasteiger partial charge in [-0.2, -0.15) is 0 Å². The van der Waals surface area contributed by atoms with Crippen molar-refractivity contribution in [3.05, 3.63) is 77.6 Å². The number of benzene rings is 2. The van der Waals surface area contributed by atoms with Crippen LogP contribution in [0.15, 0.2) is 60.8 Å². The number of pyridine rings is 1. The standard InChI is InChI=1S/C43H57N5O7/c1-10-47-36-19-18-30(24-32(36)33(25-43(6,7)26-49)38(47)31-16-12-20-44-37(31)27(2)53-8)29-15-11-14-28(22-29)23-35(45-41(52)55-42(3,4)5)39(50)48-21-13-17-34(46-48)40(51)54-9/h11-12,14-16,18-20,22,24,27,34-35,46,49H,10,13,17,21,23,25-26H2,1-9H3,(H,45,52)/t27?,34-,35-/m0/s1. The Morgan fingerprint density at radius 3 is 2.45 bits per heavy atom. The highest BCUT2D eigenvalue weighted by Crippen LogP contribution is 2.41. The number of fused-ring (bicyclic) bond motifs is 1. The van der Waals surface area contributed by atoms with Crippen LogP contribution in [0.5, 0.6) is 0 Å². The van der Waals surface area contributed by atoms with E-state index in [0.29, 0.717) is 25.8 Å². The van der Waals surface area contributed by atoms with Crippen LogP contribution in [0.4, 0.5) is 4.79 Å². The number of carbonyl (C=O) groups is 3. The lowest BCUT2D eigenvalue weighted by molar-refractivity contribution is -0.150. The van der Waals surface area contributed by atoms with Gasteiger partial charge in [-0.15, -0.1) is 0 Å². The maximum Gasteiger partial charge on any atom is 0.408 e. The quantitative estimate of drug-likeness (QED) is 0.126. The summed E-state index contributed by atoms with van der Waals surface area (Å²) in [6, 6.07) is 16.8. The van der Waals surface area contributed by atoms with Gasteiger partial charge in [-0.05, 0) is 106 Å². The second-order valence-corrected chi connectivity index (χ2v) is 16.1. The number of rotatable bonds is 13. The van der Waals surface area contributed by atoms with Crippen LogP contribution in [-0.4, -0.2) is 82.7 Å². The van der Waals surface area contributed by atoms with Crippen molar-refractivity contribution in [2.45, 2.75) is 104 Å². The third-order valence-electron chi connectivity index (χ3n) is 10.0. The summed E-state index contributed by atoms with van der Waals surface area (Å²) < 4.78 is 18.5. The first-order valence-corrected chi connectivity index (χ1v) is 19.1. The minimum atomic E-state index is -0.979. The molecule has 2 aromatic carbocycles. The van der Waals surface area contributed by atoms with Gasteiger partial charge in [0.1, 0.15) is 17.7 Å². The molecule has 0 bridgehead atoms. The molecule has 2 amide bonds. The molecule has 1 fully saturated rings. The fourth-order valence-electron chi connectivity index (χ4n) is 7.22. The Morgan fingerprint density at radius 1 is 1.04 bits per heavy atom. The van der Waals surface area contributed by atoms with E-state index in [4.69, 9.17) is 19.2 Å². The largest absolute Gasteiger partial charge is 0.468 e. The van der Waals surface area contributed by atoms with Gasteiger partial charge >= 0.3 is 12.1 Å². The van der Waals surface area contributed by atoms with Crippen molar-refractivity contribution in [3.63, 3.8) is 0 Å². The van der Waals surface area contributed by atoms with Crippen LogP contribution in [0.2, 0.25) is 0 Å². The summed E-state index contributed by atoms with van der Waals surface area (Å²) in [6.45, 7) is 14.7. The van der Waals surface area contributed by atoms with Gasteiger partial charge < -0.3 is 29.2 Å². The van der Waals surface area contributed by atoms with Crippen LogP contribution in [0.25, 0.3) is 33.3 Å². The van der Waals surface area contributed by atoms with Gasteiger partial charge in [0, 0.05) is 55.9 Å². The number of hydrogen-bond acceptors (Lipinski definition) is 9. The van der Waals surface area contributed by atoms with Crippen LogP contribution in [0, 0.1) is 5.41 Å². The molecule has 0 spiro atoms. The Hall–Kier alpha value is -4.78. The molecule has 1 unspecified atom stereocenters. The summed E-state index contributed by atoms with van der Waals surface area (Å²) in [5.74, 6) is -0.831. The number of aryl methyl sites for hydroxylation is 1. The van der Waals surface area contributed by atoms with E-state index in [1.54, 1.807) is 34.1 Å². The summed E-state index contributed by atoms with van der Waals surface area (Å²) in [6.07, 6.45) is 2.80. The van der Waals surface area contributed by atoms with Crippen molar-refractivity contribution in [1.29, 1.82) is 0 Å². The number of methoxy groups -OCH3 is 2. The number of carbonyl (C=O) groups excluding carboxylic acids is 3. The van der Waals surface area contributed by atoms with Crippen molar-refractivity contribution in [3.8, 4) is 22.4 Å². The third kappa shape index (κ3) is 9.73. The smallest absolute Gasteiger partial charge is 0.408 e. The lowest BCUT2D eigenvalue weighted by Gasteiger charge is -2.35. The molecule has 12 nitrogen and oxygen atoms in total. The molecule has 296 valence electrons. The van der Waals surface area contributed by atoms with Gasteiger partial charge in [-0.3, -0.25) is 19.6 Å². The van der Waals surface area contributed by atoms with Crippen LogP contribution in [-0.2, 0) is 43.2 Å². The normalized spacial score (nSPS) is 16.1. The number of aliphatic hydroxyl groups excluding tert-OH is 1. The summed E-state index contributed by atoms with van der Waals surface area (Å²) in [5, 5.41) is 15.7. The van der Waals surface area contributed by atoms with Gasteiger partial charge in [0.25, 0.3) is 5.91 Å². The van der Waals surface area contributed by atoms with Gasteiger partial charge in [0.15, 0.2) is 0 Å². The second kappa shape index (κ2) is 17.3. The second-order valence-electron chi connectivity index (χ2n) is 16.1. The van der Waals surface area contributed by atoms with E-state index in [2.05, 4.69) is 60.3 Å². The van der Waals surface area contributed by atoms with Gasteiger partial charge in [0.05, 0.1) is 24.6 Å². The van der Waals surface area contributed by atoms with E-state index >= 15 is 0 Å². The minimum Gasteiger partial charge on any atom is -0.468 e. The zero-order chi connectivity index (χ0) is 40.1. The van der Waals surface area contributed by atoms with E-state index in [-0.39, 0.29) is 25.0 Å². The number of nitrogens with zero attached hydrogens (tertiary/aromatic N) is 3. The zero-order valence-corrected chi connectivity index (χ0v) is 33.7. The highest BCUT2D eigenvalue weighted by molar-refractivity contribution is 5.95. The lowest BCUT2D eigenvalue weighted by Crippen LogP contribution is -2.60. The molecule has 5 rings (SSSR count). The van der Waals surface area contributed by atoms with Crippen molar-refractivity contribution < 1.29 is 33.7 Å². The Bertz CT molecular complexity index is 2000. The van der Waals surface area contributed by atoms with Crippen molar-refractivity contribution in [2.24, 2.45) is 5.41 Å². The Kier molecular flexibility index (Phi) is 13.1. The molecule has 1 aliphatic heterocycles. The van der Waals surface area contributed by atoms with E-state index in [0.717, 1.165) is 56.7 Å².